The number of ether oxygens (including phenoxy) is 2. The third-order valence-electron chi connectivity index (χ3n) is 6.23. The summed E-state index contributed by atoms with van der Waals surface area (Å²) < 4.78 is 11.6. The molecule has 3 aromatic rings. The van der Waals surface area contributed by atoms with E-state index in [1.807, 2.05) is 78.6 Å². The minimum atomic E-state index is -0.0855. The van der Waals surface area contributed by atoms with Crippen molar-refractivity contribution in [1.82, 2.24) is 9.80 Å². The van der Waals surface area contributed by atoms with Gasteiger partial charge in [0.15, 0.2) is 5.75 Å². The van der Waals surface area contributed by atoms with Gasteiger partial charge in [0.2, 0.25) is 0 Å². The summed E-state index contributed by atoms with van der Waals surface area (Å²) in [5.74, 6) is 2.97. The number of amidine groups is 1. The van der Waals surface area contributed by atoms with Gasteiger partial charge in [0, 0.05) is 37.4 Å². The van der Waals surface area contributed by atoms with Gasteiger partial charge in [-0.25, -0.2) is 9.79 Å². The number of amides is 2. The standard InChI is InChI=1S/C27H28N4O3/c1-18-8-10-20(11-9-18)28-27(32)31-15-14-30(17-19(31)2)26-22-13-12-21(33-3)16-25(22)34-24-7-5-4-6-23(24)29-26/h4-13,16,19H,14-15,17H2,1-3H3,(H,28,32). The highest BCUT2D eigenvalue weighted by Gasteiger charge is 2.31. The van der Waals surface area contributed by atoms with Crippen molar-refractivity contribution in [2.24, 2.45) is 4.99 Å². The maximum Gasteiger partial charge on any atom is 0.322 e. The van der Waals surface area contributed by atoms with E-state index in [0.29, 0.717) is 31.1 Å². The normalized spacial score (nSPS) is 17.0. The number of nitrogens with one attached hydrogen (secondary N) is 1. The number of rotatable bonds is 2. The van der Waals surface area contributed by atoms with Crippen LogP contribution < -0.4 is 14.8 Å². The molecule has 2 aliphatic heterocycles. The van der Waals surface area contributed by atoms with Gasteiger partial charge >= 0.3 is 6.03 Å². The van der Waals surface area contributed by atoms with E-state index < -0.39 is 0 Å². The lowest BCUT2D eigenvalue weighted by atomic mass is 10.1. The van der Waals surface area contributed by atoms with Gasteiger partial charge in [-0.1, -0.05) is 29.8 Å². The number of nitrogens with zero attached hydrogens (tertiary/aromatic N) is 3. The maximum absolute atomic E-state index is 13.0. The molecule has 2 heterocycles. The minimum Gasteiger partial charge on any atom is -0.497 e. The Morgan fingerprint density at radius 1 is 1.06 bits per heavy atom. The topological polar surface area (TPSA) is 66.4 Å². The van der Waals surface area contributed by atoms with Gasteiger partial charge < -0.3 is 24.6 Å². The van der Waals surface area contributed by atoms with Crippen LogP contribution in [-0.2, 0) is 0 Å². The third-order valence-corrected chi connectivity index (χ3v) is 6.23. The number of fused-ring (bicyclic) bond motifs is 2. The van der Waals surface area contributed by atoms with E-state index in [4.69, 9.17) is 14.5 Å². The van der Waals surface area contributed by atoms with Crippen LogP contribution in [0.4, 0.5) is 16.2 Å². The lowest BCUT2D eigenvalue weighted by molar-refractivity contribution is 0.145. The Balaban J connectivity index is 1.39. The van der Waals surface area contributed by atoms with E-state index >= 15 is 0 Å². The number of aliphatic imine (C=N–C) groups is 1. The highest BCUT2D eigenvalue weighted by Crippen LogP contribution is 2.39. The number of carbonyl (C=O) groups excluding carboxylic acids is 1. The Morgan fingerprint density at radius 3 is 2.62 bits per heavy atom. The molecule has 0 radical (unpaired) electrons. The average Bonchev–Trinajstić information content (AvgIpc) is 3.01. The zero-order valence-corrected chi connectivity index (χ0v) is 19.6. The van der Waals surface area contributed by atoms with Crippen LogP contribution in [0.2, 0.25) is 0 Å². The van der Waals surface area contributed by atoms with Gasteiger partial charge in [0.1, 0.15) is 23.0 Å². The predicted molar refractivity (Wildman–Crippen MR) is 134 cm³/mol. The van der Waals surface area contributed by atoms with Crippen molar-refractivity contribution in [1.29, 1.82) is 0 Å². The molecule has 1 atom stereocenters. The molecule has 2 aliphatic rings. The molecular formula is C27H28N4O3. The minimum absolute atomic E-state index is 0.00279. The third kappa shape index (κ3) is 4.29. The fraction of sp³-hybridized carbons (Fsp3) is 0.259. The Hall–Kier alpha value is -4.00. The summed E-state index contributed by atoms with van der Waals surface area (Å²) in [5, 5.41) is 3.02. The molecule has 0 bridgehead atoms. The molecule has 7 nitrogen and oxygen atoms in total. The lowest BCUT2D eigenvalue weighted by Crippen LogP contribution is -2.56. The van der Waals surface area contributed by atoms with Gasteiger partial charge in [0.25, 0.3) is 0 Å². The van der Waals surface area contributed by atoms with E-state index in [1.54, 1.807) is 7.11 Å². The summed E-state index contributed by atoms with van der Waals surface area (Å²) in [6.07, 6.45) is 0. The Morgan fingerprint density at radius 2 is 1.85 bits per heavy atom. The smallest absolute Gasteiger partial charge is 0.322 e. The molecule has 34 heavy (non-hydrogen) atoms. The maximum atomic E-state index is 13.0. The van der Waals surface area contributed by atoms with Crippen molar-refractivity contribution >= 4 is 23.2 Å². The molecule has 1 saturated heterocycles. The van der Waals surface area contributed by atoms with Crippen molar-refractivity contribution in [2.45, 2.75) is 19.9 Å². The number of urea groups is 1. The molecule has 7 heteroatoms. The zero-order chi connectivity index (χ0) is 23.7. The van der Waals surface area contributed by atoms with Crippen molar-refractivity contribution in [3.63, 3.8) is 0 Å². The summed E-state index contributed by atoms with van der Waals surface area (Å²) in [5.41, 5.74) is 3.64. The number of carbonyl (C=O) groups is 1. The van der Waals surface area contributed by atoms with E-state index in [-0.39, 0.29) is 12.1 Å². The first-order valence-corrected chi connectivity index (χ1v) is 11.4. The zero-order valence-electron chi connectivity index (χ0n) is 19.6. The molecule has 174 valence electrons. The number of hydrogen-bond acceptors (Lipinski definition) is 5. The lowest BCUT2D eigenvalue weighted by Gasteiger charge is -2.41. The summed E-state index contributed by atoms with van der Waals surface area (Å²) >= 11 is 0. The van der Waals surface area contributed by atoms with Crippen LogP contribution in [-0.4, -0.2) is 54.5 Å². The Kier molecular flexibility index (Phi) is 5.84. The number of para-hydroxylation sites is 2. The first-order chi connectivity index (χ1) is 16.5. The van der Waals surface area contributed by atoms with Gasteiger partial charge in [-0.05, 0) is 50.2 Å². The average molecular weight is 457 g/mol. The molecule has 0 aromatic heterocycles. The monoisotopic (exact) mass is 456 g/mol. The van der Waals surface area contributed by atoms with Crippen LogP contribution in [0.5, 0.6) is 17.2 Å². The van der Waals surface area contributed by atoms with E-state index in [9.17, 15) is 4.79 Å². The summed E-state index contributed by atoms with van der Waals surface area (Å²) in [6, 6.07) is 21.3. The van der Waals surface area contributed by atoms with Gasteiger partial charge in [0.05, 0.1) is 12.7 Å². The van der Waals surface area contributed by atoms with Crippen molar-refractivity contribution in [3.05, 3.63) is 77.9 Å². The number of benzene rings is 3. The number of piperazine rings is 1. The van der Waals surface area contributed by atoms with Crippen LogP contribution >= 0.6 is 0 Å². The molecule has 0 aliphatic carbocycles. The first kappa shape index (κ1) is 21.8. The molecule has 1 fully saturated rings. The quantitative estimate of drug-likeness (QED) is 0.559. The Bertz CT molecular complexity index is 1240. The van der Waals surface area contributed by atoms with Gasteiger partial charge in [-0.3, -0.25) is 0 Å². The summed E-state index contributed by atoms with van der Waals surface area (Å²) in [4.78, 5) is 22.1. The second kappa shape index (κ2) is 9.09. The molecule has 3 aromatic carbocycles. The van der Waals surface area contributed by atoms with Gasteiger partial charge in [-0.15, -0.1) is 0 Å². The van der Waals surface area contributed by atoms with Crippen LogP contribution in [0.3, 0.4) is 0 Å². The van der Waals surface area contributed by atoms with E-state index in [0.717, 1.165) is 34.1 Å². The highest BCUT2D eigenvalue weighted by atomic mass is 16.5. The van der Waals surface area contributed by atoms with Gasteiger partial charge in [-0.2, -0.15) is 0 Å². The summed E-state index contributed by atoms with van der Waals surface area (Å²) in [6.45, 7) is 6.01. The van der Waals surface area contributed by atoms with Crippen LogP contribution in [0, 0.1) is 6.92 Å². The molecular weight excluding hydrogens is 428 g/mol. The number of methoxy groups -OCH3 is 1. The van der Waals surface area contributed by atoms with Crippen molar-refractivity contribution < 1.29 is 14.3 Å². The first-order valence-electron chi connectivity index (χ1n) is 11.4. The largest absolute Gasteiger partial charge is 0.497 e. The van der Waals surface area contributed by atoms with Crippen LogP contribution in [0.25, 0.3) is 0 Å². The molecule has 0 saturated carbocycles. The SMILES string of the molecule is COc1ccc2c(c1)Oc1ccccc1N=C2N1CCN(C(=O)Nc2ccc(C)cc2)C(C)C1. The molecule has 1 unspecified atom stereocenters. The molecule has 2 amide bonds. The second-order valence-corrected chi connectivity index (χ2v) is 8.65. The fourth-order valence-corrected chi connectivity index (χ4v) is 4.35. The van der Waals surface area contributed by atoms with Crippen LogP contribution in [0.15, 0.2) is 71.7 Å². The second-order valence-electron chi connectivity index (χ2n) is 8.65. The van der Waals surface area contributed by atoms with Crippen LogP contribution in [0.1, 0.15) is 18.1 Å². The van der Waals surface area contributed by atoms with E-state index in [2.05, 4.69) is 17.1 Å². The predicted octanol–water partition coefficient (Wildman–Crippen LogP) is 5.43. The molecule has 5 rings (SSSR count). The van der Waals surface area contributed by atoms with E-state index in [1.165, 1.54) is 0 Å². The van der Waals surface area contributed by atoms with Crippen molar-refractivity contribution in [2.75, 3.05) is 32.1 Å². The number of aryl methyl sites for hydroxylation is 1. The Labute approximate surface area is 199 Å². The summed E-state index contributed by atoms with van der Waals surface area (Å²) in [7, 11) is 1.64. The molecule has 1 N–H and O–H groups in total. The number of anilines is 1. The molecule has 0 spiro atoms. The highest BCUT2D eigenvalue weighted by molar-refractivity contribution is 6.04. The fourth-order valence-electron chi connectivity index (χ4n) is 4.35. The van der Waals surface area contributed by atoms with Crippen molar-refractivity contribution in [3.8, 4) is 17.2 Å². The number of hydrogen-bond donors (Lipinski definition) is 1.